The molecule has 0 unspecified atom stereocenters. The maximum atomic E-state index is 12.2. The van der Waals surface area contributed by atoms with Crippen molar-refractivity contribution in [1.82, 2.24) is 19.6 Å². The quantitative estimate of drug-likeness (QED) is 0.512. The molecule has 0 radical (unpaired) electrons. The minimum atomic E-state index is -0.396. The maximum absolute atomic E-state index is 12.2. The lowest BCUT2D eigenvalue weighted by Crippen LogP contribution is -2.22. The Bertz CT molecular complexity index is 1070. The van der Waals surface area contributed by atoms with E-state index in [0.29, 0.717) is 11.6 Å². The van der Waals surface area contributed by atoms with E-state index in [1.165, 1.54) is 12.1 Å². The number of carbonyl (C=O) groups is 2. The number of aryl methyl sites for hydroxylation is 4. The van der Waals surface area contributed by atoms with Gasteiger partial charge in [-0.2, -0.15) is 10.2 Å². The van der Waals surface area contributed by atoms with Crippen molar-refractivity contribution in [3.8, 4) is 11.5 Å². The smallest absolute Gasteiger partial charge is 0.263 e. The maximum Gasteiger partial charge on any atom is 0.263 e. The van der Waals surface area contributed by atoms with Gasteiger partial charge in [0.25, 0.3) is 11.8 Å². The van der Waals surface area contributed by atoms with Gasteiger partial charge in [0.15, 0.2) is 13.2 Å². The van der Waals surface area contributed by atoms with Crippen LogP contribution in [0.4, 0.5) is 11.6 Å². The average Bonchev–Trinajstić information content (AvgIpc) is 3.19. The van der Waals surface area contributed by atoms with Crippen LogP contribution in [-0.2, 0) is 23.7 Å². The minimum Gasteiger partial charge on any atom is -0.482 e. The highest BCUT2D eigenvalue weighted by atomic mass is 35.5. The summed E-state index contributed by atoms with van der Waals surface area (Å²) in [7, 11) is 3.43. The zero-order valence-electron chi connectivity index (χ0n) is 17.9. The molecular weight excluding hydrogens is 459 g/mol. The second-order valence-corrected chi connectivity index (χ2v) is 7.79. The van der Waals surface area contributed by atoms with Crippen LogP contribution in [0.2, 0.25) is 10.0 Å². The van der Waals surface area contributed by atoms with E-state index in [0.717, 1.165) is 11.4 Å². The number of hydrogen-bond donors (Lipinski definition) is 2. The van der Waals surface area contributed by atoms with Crippen molar-refractivity contribution in [1.29, 1.82) is 0 Å². The lowest BCUT2D eigenvalue weighted by atomic mass is 10.3. The Morgan fingerprint density at radius 1 is 0.812 bits per heavy atom. The third-order valence-corrected chi connectivity index (χ3v) is 4.83. The van der Waals surface area contributed by atoms with Gasteiger partial charge in [-0.25, -0.2) is 0 Å². The number of ether oxygens (including phenoxy) is 2. The third-order valence-electron chi connectivity index (χ3n) is 4.24. The van der Waals surface area contributed by atoms with E-state index < -0.39 is 11.8 Å². The third kappa shape index (κ3) is 5.92. The molecule has 0 saturated carbocycles. The number of nitrogens with one attached hydrogen (secondary N) is 2. The van der Waals surface area contributed by atoms with Gasteiger partial charge in [0.2, 0.25) is 0 Å². The zero-order chi connectivity index (χ0) is 23.4. The summed E-state index contributed by atoms with van der Waals surface area (Å²) in [4.78, 5) is 24.4. The molecule has 0 saturated heterocycles. The lowest BCUT2D eigenvalue weighted by Gasteiger charge is -2.13. The number of aromatic nitrogens is 4. The van der Waals surface area contributed by atoms with Crippen LogP contribution in [0.25, 0.3) is 0 Å². The van der Waals surface area contributed by atoms with Crippen molar-refractivity contribution in [2.45, 2.75) is 13.8 Å². The van der Waals surface area contributed by atoms with Crippen molar-refractivity contribution in [3.05, 3.63) is 45.7 Å². The molecule has 1 aromatic carbocycles. The van der Waals surface area contributed by atoms with Crippen LogP contribution < -0.4 is 20.1 Å². The van der Waals surface area contributed by atoms with Crippen LogP contribution in [0.15, 0.2) is 24.3 Å². The lowest BCUT2D eigenvalue weighted by molar-refractivity contribution is -0.118. The Kier molecular flexibility index (Phi) is 7.26. The van der Waals surface area contributed by atoms with Gasteiger partial charge in [-0.3, -0.25) is 19.0 Å². The Hall–Kier alpha value is -3.24. The fourth-order valence-corrected chi connectivity index (χ4v) is 3.32. The van der Waals surface area contributed by atoms with Gasteiger partial charge in [-0.15, -0.1) is 0 Å². The van der Waals surface area contributed by atoms with Gasteiger partial charge in [0.05, 0.1) is 21.4 Å². The highest BCUT2D eigenvalue weighted by molar-refractivity contribution is 6.36. The normalized spacial score (nSPS) is 10.7. The largest absolute Gasteiger partial charge is 0.482 e. The monoisotopic (exact) mass is 480 g/mol. The molecule has 0 fully saturated rings. The van der Waals surface area contributed by atoms with E-state index >= 15 is 0 Å². The van der Waals surface area contributed by atoms with E-state index in [4.69, 9.17) is 32.7 Å². The summed E-state index contributed by atoms with van der Waals surface area (Å²) in [6.45, 7) is 3.04. The van der Waals surface area contributed by atoms with Gasteiger partial charge >= 0.3 is 0 Å². The first-order valence-corrected chi connectivity index (χ1v) is 10.2. The Morgan fingerprint density at radius 3 is 1.56 bits per heavy atom. The van der Waals surface area contributed by atoms with Crippen molar-refractivity contribution >= 4 is 46.7 Å². The van der Waals surface area contributed by atoms with Crippen LogP contribution in [0.1, 0.15) is 11.4 Å². The van der Waals surface area contributed by atoms with Crippen LogP contribution in [0, 0.1) is 13.8 Å². The molecule has 2 N–H and O–H groups in total. The Balaban J connectivity index is 1.58. The summed E-state index contributed by atoms with van der Waals surface area (Å²) in [5, 5.41) is 14.1. The van der Waals surface area contributed by atoms with Crippen LogP contribution in [0.5, 0.6) is 11.5 Å². The zero-order valence-corrected chi connectivity index (χ0v) is 19.4. The fourth-order valence-electron chi connectivity index (χ4n) is 2.83. The summed E-state index contributed by atoms with van der Waals surface area (Å²) in [5.41, 5.74) is 1.54. The van der Waals surface area contributed by atoms with Crippen LogP contribution >= 0.6 is 23.2 Å². The second kappa shape index (κ2) is 9.92. The van der Waals surface area contributed by atoms with Gasteiger partial charge in [0, 0.05) is 32.3 Å². The van der Waals surface area contributed by atoms with Crippen molar-refractivity contribution in [2.75, 3.05) is 23.8 Å². The molecule has 0 aliphatic heterocycles. The average molecular weight is 481 g/mol. The van der Waals surface area contributed by atoms with Gasteiger partial charge in [-0.1, -0.05) is 23.2 Å². The SMILES string of the molecule is Cc1cc(NC(=O)COc2cc(OCC(=O)Nc3cc(C)nn3C)c(Cl)cc2Cl)n(C)n1. The molecular formula is C20H22Cl2N6O4. The number of benzene rings is 1. The molecule has 0 aliphatic carbocycles. The molecule has 12 heteroatoms. The van der Waals surface area contributed by atoms with E-state index in [1.54, 1.807) is 35.6 Å². The molecule has 0 aliphatic rings. The predicted octanol–water partition coefficient (Wildman–Crippen LogP) is 3.11. The molecule has 10 nitrogen and oxygen atoms in total. The summed E-state index contributed by atoms with van der Waals surface area (Å²) >= 11 is 12.3. The van der Waals surface area contributed by atoms with Crippen LogP contribution in [-0.4, -0.2) is 44.6 Å². The fraction of sp³-hybridized carbons (Fsp3) is 0.300. The topological polar surface area (TPSA) is 112 Å². The summed E-state index contributed by atoms with van der Waals surface area (Å²) < 4.78 is 14.1. The molecule has 0 bridgehead atoms. The first kappa shape index (κ1) is 23.4. The molecule has 3 rings (SSSR count). The standard InChI is InChI=1S/C20H22Cl2N6O4/c1-11-5-17(27(3)25-11)23-19(29)9-31-15-8-16(14(22)7-13(15)21)32-10-20(30)24-18-6-12(2)26-28(18)4/h5-8H,9-10H2,1-4H3,(H,23,29)(H,24,30). The number of hydrogen-bond acceptors (Lipinski definition) is 6. The number of rotatable bonds is 8. The summed E-state index contributed by atoms with van der Waals surface area (Å²) in [6.07, 6.45) is 0. The van der Waals surface area contributed by atoms with Crippen molar-refractivity contribution < 1.29 is 19.1 Å². The summed E-state index contributed by atoms with van der Waals surface area (Å²) in [6, 6.07) is 6.31. The molecule has 2 heterocycles. The Morgan fingerprint density at radius 2 is 1.22 bits per heavy atom. The van der Waals surface area contributed by atoms with Gasteiger partial charge in [-0.05, 0) is 19.9 Å². The van der Waals surface area contributed by atoms with E-state index in [2.05, 4.69) is 20.8 Å². The van der Waals surface area contributed by atoms with E-state index in [1.807, 2.05) is 13.8 Å². The van der Waals surface area contributed by atoms with E-state index in [-0.39, 0.29) is 34.8 Å². The van der Waals surface area contributed by atoms with Crippen LogP contribution in [0.3, 0.4) is 0 Å². The molecule has 2 amide bonds. The highest BCUT2D eigenvalue weighted by Gasteiger charge is 2.15. The van der Waals surface area contributed by atoms with Gasteiger partial charge < -0.3 is 20.1 Å². The highest BCUT2D eigenvalue weighted by Crippen LogP contribution is 2.35. The molecule has 170 valence electrons. The molecule has 0 spiro atoms. The number of amides is 2. The molecule has 2 aromatic heterocycles. The predicted molar refractivity (Wildman–Crippen MR) is 121 cm³/mol. The molecule has 32 heavy (non-hydrogen) atoms. The molecule has 0 atom stereocenters. The first-order chi connectivity index (χ1) is 15.1. The molecule has 3 aromatic rings. The first-order valence-electron chi connectivity index (χ1n) is 9.48. The van der Waals surface area contributed by atoms with Gasteiger partial charge in [0.1, 0.15) is 23.1 Å². The number of halogens is 2. The summed E-state index contributed by atoms with van der Waals surface area (Å²) in [5.74, 6) is 0.656. The Labute approximate surface area is 194 Å². The number of anilines is 2. The van der Waals surface area contributed by atoms with Crippen molar-refractivity contribution in [2.24, 2.45) is 14.1 Å². The van der Waals surface area contributed by atoms with E-state index in [9.17, 15) is 9.59 Å². The second-order valence-electron chi connectivity index (χ2n) is 6.98. The van der Waals surface area contributed by atoms with Crippen molar-refractivity contribution in [3.63, 3.8) is 0 Å². The number of carbonyl (C=O) groups excluding carboxylic acids is 2. The number of nitrogens with zero attached hydrogens (tertiary/aromatic N) is 4. The minimum absolute atomic E-state index is 0.185.